The summed E-state index contributed by atoms with van der Waals surface area (Å²) < 4.78 is 19.8. The van der Waals surface area contributed by atoms with Gasteiger partial charge in [-0.3, -0.25) is 4.79 Å². The van der Waals surface area contributed by atoms with Crippen LogP contribution in [0.15, 0.2) is 29.8 Å². The summed E-state index contributed by atoms with van der Waals surface area (Å²) in [7, 11) is 0. The summed E-state index contributed by atoms with van der Waals surface area (Å²) in [5, 5.41) is 3.51. The number of rotatable bonds is 15. The Morgan fingerprint density at radius 1 is 1.18 bits per heavy atom. The summed E-state index contributed by atoms with van der Waals surface area (Å²) in [6.07, 6.45) is 11.6. The van der Waals surface area contributed by atoms with E-state index >= 15 is 0 Å². The van der Waals surface area contributed by atoms with Crippen LogP contribution in [0.2, 0.25) is 0 Å². The second kappa shape index (κ2) is 12.7. The molecule has 0 unspecified atom stereocenters. The number of ketones is 1. The van der Waals surface area contributed by atoms with Crippen molar-refractivity contribution in [2.24, 2.45) is 5.92 Å². The summed E-state index contributed by atoms with van der Waals surface area (Å²) in [5.41, 5.74) is 1.32. The fourth-order valence-electron chi connectivity index (χ4n) is 3.17. The first-order valence-corrected chi connectivity index (χ1v) is 10.9. The van der Waals surface area contributed by atoms with Crippen molar-refractivity contribution in [2.45, 2.75) is 71.6 Å². The smallest absolute Gasteiger partial charge is 0.166 e. The molecule has 1 N–H and O–H groups in total. The summed E-state index contributed by atoms with van der Waals surface area (Å²) >= 11 is 0. The Morgan fingerprint density at radius 2 is 1.96 bits per heavy atom. The van der Waals surface area contributed by atoms with Gasteiger partial charge >= 0.3 is 0 Å². The zero-order valence-electron chi connectivity index (χ0n) is 17.6. The maximum atomic E-state index is 14.2. The highest BCUT2D eigenvalue weighted by Crippen LogP contribution is 2.31. The van der Waals surface area contributed by atoms with Gasteiger partial charge in [0.2, 0.25) is 0 Å². The third-order valence-electron chi connectivity index (χ3n) is 5.11. The summed E-state index contributed by atoms with van der Waals surface area (Å²) in [6, 6.07) is 4.57. The van der Waals surface area contributed by atoms with Gasteiger partial charge in [-0.15, -0.1) is 0 Å². The van der Waals surface area contributed by atoms with Gasteiger partial charge in [0.15, 0.2) is 5.78 Å². The predicted octanol–water partition coefficient (Wildman–Crippen LogP) is 6.08. The molecule has 0 heterocycles. The molecule has 0 spiro atoms. The monoisotopic (exact) mass is 389 g/mol. The van der Waals surface area contributed by atoms with E-state index in [1.165, 1.54) is 43.7 Å². The van der Waals surface area contributed by atoms with Gasteiger partial charge in [-0.1, -0.05) is 37.3 Å². The van der Waals surface area contributed by atoms with Crippen LogP contribution in [0.3, 0.4) is 0 Å². The van der Waals surface area contributed by atoms with E-state index < -0.39 is 5.82 Å². The standard InChI is InChI=1S/C24H36FNO2/c1-19(2)8-7-9-24(27)22-13-12-21(18-23(22)25)28-17-6-4-3-5-15-26-16-14-20-10-11-20/h8,12-13,18,20,26H,3-7,9-11,14-17H2,1-2H3. The maximum Gasteiger partial charge on any atom is 0.166 e. The quantitative estimate of drug-likeness (QED) is 0.224. The number of carbonyl (C=O) groups excluding carboxylic acids is 1. The minimum absolute atomic E-state index is 0.156. The number of unbranched alkanes of at least 4 members (excludes halogenated alkanes) is 3. The van der Waals surface area contributed by atoms with Crippen LogP contribution in [-0.4, -0.2) is 25.5 Å². The molecule has 0 saturated heterocycles. The molecular formula is C24H36FNO2. The molecule has 1 aliphatic carbocycles. The SMILES string of the molecule is CC(C)=CCCC(=O)c1ccc(OCCCCCCNCCC2CC2)cc1F. The Balaban J connectivity index is 1.55. The Bertz CT molecular complexity index is 633. The van der Waals surface area contributed by atoms with Crippen molar-refractivity contribution in [1.82, 2.24) is 5.32 Å². The highest BCUT2D eigenvalue weighted by Gasteiger charge is 2.19. The normalized spacial score (nSPS) is 13.4. The van der Waals surface area contributed by atoms with Gasteiger partial charge in [0.25, 0.3) is 0 Å². The summed E-state index contributed by atoms with van der Waals surface area (Å²) in [5.74, 6) is 0.855. The Labute approximate surface area is 169 Å². The van der Waals surface area contributed by atoms with Gasteiger partial charge in [0, 0.05) is 12.5 Å². The molecular weight excluding hydrogens is 353 g/mol. The fraction of sp³-hybridized carbons (Fsp3) is 0.625. The van der Waals surface area contributed by atoms with Gasteiger partial charge in [-0.25, -0.2) is 4.39 Å². The molecule has 3 nitrogen and oxygen atoms in total. The van der Waals surface area contributed by atoms with E-state index in [0.717, 1.165) is 31.8 Å². The molecule has 0 bridgehead atoms. The molecule has 0 aliphatic heterocycles. The van der Waals surface area contributed by atoms with Crippen molar-refractivity contribution >= 4 is 5.78 Å². The topological polar surface area (TPSA) is 38.3 Å². The minimum atomic E-state index is -0.489. The van der Waals surface area contributed by atoms with E-state index in [1.807, 2.05) is 19.9 Å². The number of benzene rings is 1. The lowest BCUT2D eigenvalue weighted by molar-refractivity contribution is 0.0979. The molecule has 1 saturated carbocycles. The molecule has 1 aromatic rings. The van der Waals surface area contributed by atoms with E-state index in [4.69, 9.17) is 4.74 Å². The lowest BCUT2D eigenvalue weighted by Gasteiger charge is -2.08. The zero-order chi connectivity index (χ0) is 20.2. The first kappa shape index (κ1) is 22.6. The molecule has 1 aromatic carbocycles. The predicted molar refractivity (Wildman–Crippen MR) is 114 cm³/mol. The van der Waals surface area contributed by atoms with Crippen molar-refractivity contribution in [1.29, 1.82) is 0 Å². The number of ether oxygens (including phenoxy) is 1. The number of carbonyl (C=O) groups is 1. The molecule has 0 amide bonds. The molecule has 156 valence electrons. The minimum Gasteiger partial charge on any atom is -0.493 e. The largest absolute Gasteiger partial charge is 0.493 e. The van der Waals surface area contributed by atoms with E-state index in [0.29, 0.717) is 25.2 Å². The lowest BCUT2D eigenvalue weighted by atomic mass is 10.0. The second-order valence-electron chi connectivity index (χ2n) is 8.13. The first-order chi connectivity index (χ1) is 13.6. The van der Waals surface area contributed by atoms with Crippen LogP contribution < -0.4 is 10.1 Å². The molecule has 4 heteroatoms. The van der Waals surface area contributed by atoms with Crippen LogP contribution in [0.4, 0.5) is 4.39 Å². The van der Waals surface area contributed by atoms with Gasteiger partial charge in [0.1, 0.15) is 11.6 Å². The summed E-state index contributed by atoms with van der Waals surface area (Å²) in [4.78, 5) is 12.1. The number of Topliss-reactive ketones (excluding diaryl/α,β-unsaturated/α-hetero) is 1. The van der Waals surface area contributed by atoms with Gasteiger partial charge in [-0.05, 0) is 70.7 Å². The number of halogens is 1. The van der Waals surface area contributed by atoms with Gasteiger partial charge in [0.05, 0.1) is 12.2 Å². The molecule has 0 atom stereocenters. The third kappa shape index (κ3) is 9.50. The Morgan fingerprint density at radius 3 is 2.68 bits per heavy atom. The average Bonchev–Trinajstić information content (AvgIpc) is 3.47. The van der Waals surface area contributed by atoms with Crippen LogP contribution >= 0.6 is 0 Å². The van der Waals surface area contributed by atoms with Crippen LogP contribution in [0.5, 0.6) is 5.75 Å². The third-order valence-corrected chi connectivity index (χ3v) is 5.11. The zero-order valence-corrected chi connectivity index (χ0v) is 17.6. The van der Waals surface area contributed by atoms with Crippen molar-refractivity contribution in [2.75, 3.05) is 19.7 Å². The van der Waals surface area contributed by atoms with E-state index in [9.17, 15) is 9.18 Å². The number of hydrogen-bond acceptors (Lipinski definition) is 3. The van der Waals surface area contributed by atoms with Crippen molar-refractivity contribution in [3.05, 3.63) is 41.2 Å². The number of nitrogens with one attached hydrogen (secondary N) is 1. The van der Waals surface area contributed by atoms with Crippen molar-refractivity contribution in [3.63, 3.8) is 0 Å². The van der Waals surface area contributed by atoms with E-state index in [1.54, 1.807) is 12.1 Å². The maximum absolute atomic E-state index is 14.2. The Hall–Kier alpha value is -1.68. The number of hydrogen-bond donors (Lipinski definition) is 1. The fourth-order valence-corrected chi connectivity index (χ4v) is 3.17. The Kier molecular flexibility index (Phi) is 10.3. The van der Waals surface area contributed by atoms with Crippen LogP contribution in [0.1, 0.15) is 82.0 Å². The number of allylic oxidation sites excluding steroid dienone is 2. The van der Waals surface area contributed by atoms with Gasteiger partial charge in [-0.2, -0.15) is 0 Å². The van der Waals surface area contributed by atoms with Crippen LogP contribution in [0, 0.1) is 11.7 Å². The average molecular weight is 390 g/mol. The molecule has 0 aromatic heterocycles. The van der Waals surface area contributed by atoms with Crippen molar-refractivity contribution < 1.29 is 13.9 Å². The van der Waals surface area contributed by atoms with Crippen LogP contribution in [-0.2, 0) is 0 Å². The summed E-state index contributed by atoms with van der Waals surface area (Å²) in [6.45, 7) is 6.82. The molecule has 1 fully saturated rings. The first-order valence-electron chi connectivity index (χ1n) is 10.9. The van der Waals surface area contributed by atoms with Crippen molar-refractivity contribution in [3.8, 4) is 5.75 Å². The second-order valence-corrected chi connectivity index (χ2v) is 8.13. The highest BCUT2D eigenvalue weighted by atomic mass is 19.1. The molecule has 2 rings (SSSR count). The van der Waals surface area contributed by atoms with Gasteiger partial charge < -0.3 is 10.1 Å². The molecule has 0 radical (unpaired) electrons. The molecule has 1 aliphatic rings. The molecule has 28 heavy (non-hydrogen) atoms. The lowest BCUT2D eigenvalue weighted by Crippen LogP contribution is -2.17. The van der Waals surface area contributed by atoms with E-state index in [-0.39, 0.29) is 11.3 Å². The van der Waals surface area contributed by atoms with E-state index in [2.05, 4.69) is 5.32 Å². The van der Waals surface area contributed by atoms with Crippen LogP contribution in [0.25, 0.3) is 0 Å². The highest BCUT2D eigenvalue weighted by molar-refractivity contribution is 5.96.